The third-order valence-electron chi connectivity index (χ3n) is 4.35. The molecular weight excluding hydrogens is 384 g/mol. The summed E-state index contributed by atoms with van der Waals surface area (Å²) in [6.07, 6.45) is 1.66. The summed E-state index contributed by atoms with van der Waals surface area (Å²) in [5, 5.41) is 0.564. The van der Waals surface area contributed by atoms with E-state index in [1.807, 2.05) is 30.3 Å². The molecule has 1 aromatic carbocycles. The van der Waals surface area contributed by atoms with Gasteiger partial charge in [-0.15, -0.1) is 0 Å². The van der Waals surface area contributed by atoms with Crippen molar-refractivity contribution in [3.8, 4) is 11.4 Å². The van der Waals surface area contributed by atoms with Crippen molar-refractivity contribution in [3.63, 3.8) is 0 Å². The zero-order valence-electron chi connectivity index (χ0n) is 14.4. The van der Waals surface area contributed by atoms with Gasteiger partial charge in [-0.25, -0.2) is 4.79 Å². The average Bonchev–Trinajstić information content (AvgIpc) is 3.13. The molecule has 0 atom stereocenters. The van der Waals surface area contributed by atoms with E-state index in [2.05, 4.69) is 9.36 Å². The first-order valence-corrected chi connectivity index (χ1v) is 9.54. The van der Waals surface area contributed by atoms with Gasteiger partial charge in [0.2, 0.25) is 0 Å². The lowest BCUT2D eigenvalue weighted by molar-refractivity contribution is 0.620. The lowest BCUT2D eigenvalue weighted by Gasteiger charge is -2.13. The van der Waals surface area contributed by atoms with Crippen molar-refractivity contribution in [3.05, 3.63) is 80.1 Å². The minimum atomic E-state index is -0.382. The normalized spacial score (nSPS) is 11.2. The molecule has 0 fully saturated rings. The number of benzene rings is 1. The van der Waals surface area contributed by atoms with Gasteiger partial charge in [-0.2, -0.15) is 4.37 Å². The number of aromatic nitrogens is 4. The Kier molecular flexibility index (Phi) is 4.63. The van der Waals surface area contributed by atoms with E-state index in [-0.39, 0.29) is 24.3 Å². The standard InChI is InChI=1S/C19H15ClN4O2S/c1-2-23-18(25)17-16(15(22-27-17)14-9-5-6-10-21-14)24(19(23)26)11-12-7-3-4-8-13(12)20/h3-10H,2,11H2,1H3. The molecule has 3 aromatic heterocycles. The Morgan fingerprint density at radius 3 is 2.56 bits per heavy atom. The zero-order valence-corrected chi connectivity index (χ0v) is 16.0. The molecule has 4 aromatic rings. The fourth-order valence-corrected chi connectivity index (χ4v) is 4.06. The molecule has 0 bridgehead atoms. The maximum Gasteiger partial charge on any atom is 0.331 e. The van der Waals surface area contributed by atoms with Crippen LogP contribution in [0.4, 0.5) is 0 Å². The van der Waals surface area contributed by atoms with Crippen molar-refractivity contribution in [2.45, 2.75) is 20.0 Å². The lowest BCUT2D eigenvalue weighted by atomic mass is 10.2. The van der Waals surface area contributed by atoms with Crippen molar-refractivity contribution in [1.29, 1.82) is 0 Å². The maximum atomic E-state index is 13.1. The van der Waals surface area contributed by atoms with E-state index in [1.165, 1.54) is 4.57 Å². The van der Waals surface area contributed by atoms with Crippen LogP contribution in [0.1, 0.15) is 12.5 Å². The van der Waals surface area contributed by atoms with Gasteiger partial charge >= 0.3 is 5.69 Å². The van der Waals surface area contributed by atoms with E-state index >= 15 is 0 Å². The smallest absolute Gasteiger partial charge is 0.285 e. The van der Waals surface area contributed by atoms with Crippen LogP contribution in [-0.2, 0) is 13.1 Å². The molecule has 0 N–H and O–H groups in total. The fraction of sp³-hybridized carbons (Fsp3) is 0.158. The largest absolute Gasteiger partial charge is 0.331 e. The molecule has 0 aliphatic heterocycles. The maximum absolute atomic E-state index is 13.1. The summed E-state index contributed by atoms with van der Waals surface area (Å²) in [4.78, 5) is 30.2. The van der Waals surface area contributed by atoms with Crippen LogP contribution in [0.5, 0.6) is 0 Å². The molecule has 4 rings (SSSR count). The second-order valence-corrected chi connectivity index (χ2v) is 7.11. The first kappa shape index (κ1) is 17.6. The van der Waals surface area contributed by atoms with Crippen LogP contribution in [0.25, 0.3) is 21.6 Å². The number of rotatable bonds is 4. The highest BCUT2D eigenvalue weighted by Gasteiger charge is 2.21. The minimum absolute atomic E-state index is 0.244. The van der Waals surface area contributed by atoms with Crippen LogP contribution >= 0.6 is 23.1 Å². The number of hydrogen-bond acceptors (Lipinski definition) is 5. The summed E-state index contributed by atoms with van der Waals surface area (Å²) < 4.78 is 7.66. The van der Waals surface area contributed by atoms with Crippen LogP contribution in [0.3, 0.4) is 0 Å². The minimum Gasteiger partial charge on any atom is -0.285 e. The van der Waals surface area contributed by atoms with Gasteiger partial charge in [0.25, 0.3) is 5.56 Å². The van der Waals surface area contributed by atoms with E-state index in [1.54, 1.807) is 29.8 Å². The lowest BCUT2D eigenvalue weighted by Crippen LogP contribution is -2.39. The molecule has 0 unspecified atom stereocenters. The molecule has 6 nitrogen and oxygen atoms in total. The van der Waals surface area contributed by atoms with Crippen LogP contribution in [0, 0.1) is 0 Å². The summed E-state index contributed by atoms with van der Waals surface area (Å²) in [5.41, 5.74) is 1.73. The Labute approximate surface area is 163 Å². The molecule has 27 heavy (non-hydrogen) atoms. The predicted molar refractivity (Wildman–Crippen MR) is 108 cm³/mol. The van der Waals surface area contributed by atoms with E-state index in [0.29, 0.717) is 26.6 Å². The van der Waals surface area contributed by atoms with Crippen LogP contribution in [0.2, 0.25) is 5.02 Å². The number of nitrogens with zero attached hydrogens (tertiary/aromatic N) is 4. The molecule has 136 valence electrons. The Morgan fingerprint density at radius 1 is 1.07 bits per heavy atom. The highest BCUT2D eigenvalue weighted by atomic mass is 35.5. The highest BCUT2D eigenvalue weighted by Crippen LogP contribution is 2.28. The molecule has 0 radical (unpaired) electrons. The van der Waals surface area contributed by atoms with Crippen molar-refractivity contribution < 1.29 is 0 Å². The molecule has 3 heterocycles. The summed E-state index contributed by atoms with van der Waals surface area (Å²) in [6.45, 7) is 2.30. The third kappa shape index (κ3) is 2.98. The Morgan fingerprint density at radius 2 is 1.85 bits per heavy atom. The van der Waals surface area contributed by atoms with Crippen molar-refractivity contribution in [2.75, 3.05) is 0 Å². The summed E-state index contributed by atoms with van der Waals surface area (Å²) >= 11 is 7.39. The Bertz CT molecular complexity index is 1240. The van der Waals surface area contributed by atoms with Gasteiger partial charge in [0.1, 0.15) is 10.4 Å². The SMILES string of the molecule is CCn1c(=O)c2snc(-c3ccccn3)c2n(Cc2ccccc2Cl)c1=O. The van der Waals surface area contributed by atoms with Gasteiger partial charge in [0.15, 0.2) is 0 Å². The number of halogens is 1. The van der Waals surface area contributed by atoms with Gasteiger partial charge in [-0.1, -0.05) is 35.9 Å². The van der Waals surface area contributed by atoms with E-state index in [9.17, 15) is 9.59 Å². The molecule has 8 heteroatoms. The van der Waals surface area contributed by atoms with Crippen LogP contribution in [0.15, 0.2) is 58.3 Å². The van der Waals surface area contributed by atoms with Gasteiger partial charge < -0.3 is 0 Å². The first-order valence-electron chi connectivity index (χ1n) is 8.39. The second kappa shape index (κ2) is 7.09. The highest BCUT2D eigenvalue weighted by molar-refractivity contribution is 7.13. The molecular formula is C19H15ClN4O2S. The van der Waals surface area contributed by atoms with Gasteiger partial charge in [-0.05, 0) is 42.2 Å². The number of pyridine rings is 1. The second-order valence-electron chi connectivity index (χ2n) is 5.93. The molecule has 0 saturated heterocycles. The average molecular weight is 399 g/mol. The summed E-state index contributed by atoms with van der Waals surface area (Å²) in [7, 11) is 0. The first-order chi connectivity index (χ1) is 13.1. The molecule has 0 saturated carbocycles. The quantitative estimate of drug-likeness (QED) is 0.528. The van der Waals surface area contributed by atoms with E-state index < -0.39 is 0 Å². The summed E-state index contributed by atoms with van der Waals surface area (Å²) in [5.74, 6) is 0. The molecule has 0 aliphatic rings. The van der Waals surface area contributed by atoms with E-state index in [4.69, 9.17) is 11.6 Å². The number of hydrogen-bond donors (Lipinski definition) is 0. The number of fused-ring (bicyclic) bond motifs is 1. The molecule has 0 amide bonds. The van der Waals surface area contributed by atoms with Gasteiger partial charge in [-0.3, -0.25) is 18.9 Å². The Balaban J connectivity index is 2.06. The Hall–Kier alpha value is -2.77. The molecule has 0 spiro atoms. The van der Waals surface area contributed by atoms with Crippen molar-refractivity contribution in [1.82, 2.24) is 18.5 Å². The molecule has 0 aliphatic carbocycles. The van der Waals surface area contributed by atoms with Crippen LogP contribution in [-0.4, -0.2) is 18.5 Å². The van der Waals surface area contributed by atoms with Gasteiger partial charge in [0, 0.05) is 17.8 Å². The van der Waals surface area contributed by atoms with E-state index in [0.717, 1.165) is 17.1 Å². The topological polar surface area (TPSA) is 69.8 Å². The summed E-state index contributed by atoms with van der Waals surface area (Å²) in [6, 6.07) is 12.8. The van der Waals surface area contributed by atoms with Crippen molar-refractivity contribution in [2.24, 2.45) is 0 Å². The predicted octanol–water partition coefficient (Wildman–Crippen LogP) is 3.40. The third-order valence-corrected chi connectivity index (χ3v) is 5.54. The monoisotopic (exact) mass is 398 g/mol. The fourth-order valence-electron chi connectivity index (χ4n) is 3.02. The van der Waals surface area contributed by atoms with Gasteiger partial charge in [0.05, 0.1) is 17.8 Å². The van der Waals surface area contributed by atoms with Crippen molar-refractivity contribution >= 4 is 33.4 Å². The zero-order chi connectivity index (χ0) is 19.0. The van der Waals surface area contributed by atoms with Crippen LogP contribution < -0.4 is 11.2 Å².